The van der Waals surface area contributed by atoms with E-state index < -0.39 is 18.0 Å². The molecule has 0 aliphatic carbocycles. The van der Waals surface area contributed by atoms with Crippen LogP contribution in [-0.2, 0) is 9.59 Å². The van der Waals surface area contributed by atoms with E-state index in [0.29, 0.717) is 16.9 Å². The van der Waals surface area contributed by atoms with Gasteiger partial charge in [0.1, 0.15) is 10.7 Å². The number of nitrogens with two attached hydrogens (primary N) is 1. The van der Waals surface area contributed by atoms with E-state index in [1.54, 1.807) is 19.1 Å². The molecule has 8 heteroatoms. The molecule has 0 aromatic carbocycles. The fraction of sp³-hybridized carbons (Fsp3) is 0.357. The zero-order chi connectivity index (χ0) is 16.2. The molecule has 0 saturated carbocycles. The van der Waals surface area contributed by atoms with Gasteiger partial charge in [-0.05, 0) is 25.5 Å². The average Bonchev–Trinajstić information content (AvgIpc) is 2.99. The quantitative estimate of drug-likeness (QED) is 0.554. The molecular formula is C14H14N2O4S2. The number of carbonyl (C=O) groups excluding carboxylic acids is 1. The molecule has 0 bridgehead atoms. The zero-order valence-electron chi connectivity index (χ0n) is 11.6. The highest BCUT2D eigenvalue weighted by Crippen LogP contribution is 2.47. The van der Waals surface area contributed by atoms with Crippen LogP contribution in [0.4, 0.5) is 0 Å². The number of β-lactam (4-membered cyclic amide) rings is 1. The fourth-order valence-corrected chi connectivity index (χ4v) is 4.23. The van der Waals surface area contributed by atoms with Crippen molar-refractivity contribution in [1.29, 1.82) is 0 Å². The topological polar surface area (TPSA) is 104 Å². The third-order valence-corrected chi connectivity index (χ3v) is 5.60. The first-order valence-corrected chi connectivity index (χ1v) is 7.93. The smallest absolute Gasteiger partial charge is 0.352 e. The number of aliphatic hydroxyl groups is 1. The van der Waals surface area contributed by atoms with Crippen molar-refractivity contribution >= 4 is 46.0 Å². The van der Waals surface area contributed by atoms with Gasteiger partial charge in [0, 0.05) is 10.5 Å². The number of hydrogen-bond donors (Lipinski definition) is 3. The molecule has 0 unspecified atom stereocenters. The number of carboxylic acids is 1. The number of aliphatic hydroxyl groups excluding tert-OH is 1. The third kappa shape index (κ3) is 2.06. The highest BCUT2D eigenvalue weighted by atomic mass is 32.1. The summed E-state index contributed by atoms with van der Waals surface area (Å²) in [5.41, 5.74) is 6.18. The van der Waals surface area contributed by atoms with Crippen LogP contribution >= 0.6 is 23.6 Å². The second kappa shape index (κ2) is 5.15. The van der Waals surface area contributed by atoms with Crippen molar-refractivity contribution in [2.75, 3.05) is 0 Å². The molecule has 1 aromatic rings. The van der Waals surface area contributed by atoms with E-state index in [2.05, 4.69) is 0 Å². The van der Waals surface area contributed by atoms with Crippen LogP contribution in [0.25, 0.3) is 5.57 Å². The molecule has 2 aliphatic heterocycles. The molecule has 3 atom stereocenters. The lowest BCUT2D eigenvalue weighted by Gasteiger charge is -2.44. The van der Waals surface area contributed by atoms with Crippen LogP contribution in [0.5, 0.6) is 0 Å². The molecular weight excluding hydrogens is 324 g/mol. The SMILES string of the molecule is C[C@@H](O)[C@H]1C(=O)N2C(C(=O)O)=C(c3ccc(C(N)=S)s3)C[C@H]12. The fourth-order valence-electron chi connectivity index (χ4n) is 3.12. The molecule has 0 radical (unpaired) electrons. The molecule has 22 heavy (non-hydrogen) atoms. The van der Waals surface area contributed by atoms with Crippen LogP contribution in [0.2, 0.25) is 0 Å². The summed E-state index contributed by atoms with van der Waals surface area (Å²) in [6.07, 6.45) is -0.376. The Kier molecular flexibility index (Phi) is 3.54. The molecule has 3 rings (SSSR count). The Morgan fingerprint density at radius 2 is 2.23 bits per heavy atom. The van der Waals surface area contributed by atoms with Gasteiger partial charge in [-0.2, -0.15) is 0 Å². The first kappa shape index (κ1) is 15.1. The highest BCUT2D eigenvalue weighted by Gasteiger charge is 2.56. The number of hydrogen-bond acceptors (Lipinski definition) is 5. The van der Waals surface area contributed by atoms with E-state index in [1.807, 2.05) is 0 Å². The predicted octanol–water partition coefficient (Wildman–Crippen LogP) is 0.789. The molecule has 2 aliphatic rings. The van der Waals surface area contributed by atoms with Gasteiger partial charge in [0.25, 0.3) is 0 Å². The standard InChI is InChI=1S/C14H14N2O4S2/c1-5(17)10-7-4-6(8-2-3-9(22-8)12(15)21)11(14(19)20)16(7)13(10)18/h2-3,5,7,10,17H,4H2,1H3,(H2,15,21)(H,19,20)/t5-,7-,10-/m1/s1. The van der Waals surface area contributed by atoms with E-state index in [-0.39, 0.29) is 22.6 Å². The van der Waals surface area contributed by atoms with E-state index >= 15 is 0 Å². The van der Waals surface area contributed by atoms with E-state index in [1.165, 1.54) is 16.2 Å². The number of carboxylic acid groups (broad SMARTS) is 1. The predicted molar refractivity (Wildman–Crippen MR) is 85.2 cm³/mol. The molecule has 0 spiro atoms. The lowest BCUT2D eigenvalue weighted by Crippen LogP contribution is -2.61. The lowest BCUT2D eigenvalue weighted by molar-refractivity contribution is -0.161. The Balaban J connectivity index is 2.01. The number of fused-ring (bicyclic) bond motifs is 1. The number of thiocarbonyl (C=S) groups is 1. The minimum atomic E-state index is -1.14. The van der Waals surface area contributed by atoms with Crippen molar-refractivity contribution in [3.8, 4) is 0 Å². The van der Waals surface area contributed by atoms with Crippen LogP contribution in [-0.4, -0.2) is 44.1 Å². The Bertz CT molecular complexity index is 722. The summed E-state index contributed by atoms with van der Waals surface area (Å²) >= 11 is 6.23. The largest absolute Gasteiger partial charge is 0.477 e. The van der Waals surface area contributed by atoms with Crippen molar-refractivity contribution in [2.24, 2.45) is 11.7 Å². The number of thiophene rings is 1. The van der Waals surface area contributed by atoms with Crippen molar-refractivity contribution in [3.63, 3.8) is 0 Å². The summed E-state index contributed by atoms with van der Waals surface area (Å²) in [5, 5.41) is 19.2. The van der Waals surface area contributed by atoms with Gasteiger partial charge in [-0.25, -0.2) is 4.79 Å². The minimum absolute atomic E-state index is 0.00300. The van der Waals surface area contributed by atoms with Crippen molar-refractivity contribution in [1.82, 2.24) is 4.90 Å². The van der Waals surface area contributed by atoms with Crippen LogP contribution in [0.3, 0.4) is 0 Å². The maximum atomic E-state index is 12.1. The third-order valence-electron chi connectivity index (χ3n) is 4.08. The van der Waals surface area contributed by atoms with Crippen LogP contribution in [0.15, 0.2) is 17.8 Å². The van der Waals surface area contributed by atoms with Crippen molar-refractivity contribution in [3.05, 3.63) is 27.6 Å². The van der Waals surface area contributed by atoms with Crippen LogP contribution in [0, 0.1) is 5.92 Å². The highest BCUT2D eigenvalue weighted by molar-refractivity contribution is 7.81. The van der Waals surface area contributed by atoms with Gasteiger partial charge in [-0.15, -0.1) is 11.3 Å². The van der Waals surface area contributed by atoms with Crippen LogP contribution < -0.4 is 5.73 Å². The van der Waals surface area contributed by atoms with Gasteiger partial charge in [-0.1, -0.05) is 12.2 Å². The summed E-state index contributed by atoms with van der Waals surface area (Å²) in [4.78, 5) is 26.7. The molecule has 1 saturated heterocycles. The molecule has 3 heterocycles. The monoisotopic (exact) mass is 338 g/mol. The summed E-state index contributed by atoms with van der Waals surface area (Å²) in [6.45, 7) is 1.55. The normalized spacial score (nSPS) is 25.0. The maximum absolute atomic E-state index is 12.1. The van der Waals surface area contributed by atoms with Crippen molar-refractivity contribution < 1.29 is 19.8 Å². The molecule has 6 nitrogen and oxygen atoms in total. The number of rotatable bonds is 4. The number of amides is 1. The number of aliphatic carboxylic acids is 1. The van der Waals surface area contributed by atoms with E-state index in [4.69, 9.17) is 18.0 Å². The van der Waals surface area contributed by atoms with Gasteiger partial charge in [0.15, 0.2) is 0 Å². The maximum Gasteiger partial charge on any atom is 0.352 e. The Morgan fingerprint density at radius 3 is 2.73 bits per heavy atom. The van der Waals surface area contributed by atoms with Gasteiger partial charge in [-0.3, -0.25) is 4.79 Å². The average molecular weight is 338 g/mol. The summed E-state index contributed by atoms with van der Waals surface area (Å²) < 4.78 is 0. The van der Waals surface area contributed by atoms with Crippen molar-refractivity contribution in [2.45, 2.75) is 25.5 Å². The molecule has 116 valence electrons. The first-order chi connectivity index (χ1) is 10.3. The minimum Gasteiger partial charge on any atom is -0.477 e. The second-order valence-electron chi connectivity index (χ2n) is 5.41. The summed E-state index contributed by atoms with van der Waals surface area (Å²) in [7, 11) is 0. The molecule has 1 fully saturated rings. The summed E-state index contributed by atoms with van der Waals surface area (Å²) in [5.74, 6) is -2.01. The lowest BCUT2D eigenvalue weighted by atomic mass is 9.83. The number of nitrogens with zero attached hydrogens (tertiary/aromatic N) is 1. The van der Waals surface area contributed by atoms with Gasteiger partial charge in [0.05, 0.1) is 22.9 Å². The van der Waals surface area contributed by atoms with Gasteiger partial charge in [0.2, 0.25) is 5.91 Å². The van der Waals surface area contributed by atoms with Gasteiger partial charge >= 0.3 is 5.97 Å². The van der Waals surface area contributed by atoms with E-state index in [0.717, 1.165) is 4.88 Å². The van der Waals surface area contributed by atoms with E-state index in [9.17, 15) is 19.8 Å². The summed E-state index contributed by atoms with van der Waals surface area (Å²) in [6, 6.07) is 3.23. The second-order valence-corrected chi connectivity index (χ2v) is 6.93. The Morgan fingerprint density at radius 1 is 1.55 bits per heavy atom. The Hall–Kier alpha value is -1.77. The molecule has 1 amide bonds. The zero-order valence-corrected chi connectivity index (χ0v) is 13.3. The van der Waals surface area contributed by atoms with Crippen LogP contribution in [0.1, 0.15) is 23.1 Å². The Labute approximate surface area is 135 Å². The molecule has 1 aromatic heterocycles. The van der Waals surface area contributed by atoms with Gasteiger partial charge < -0.3 is 20.8 Å². The molecule has 4 N–H and O–H groups in total. The number of carbonyl (C=O) groups is 2. The first-order valence-electron chi connectivity index (χ1n) is 6.70.